The first-order valence-electron chi connectivity index (χ1n) is 5.17. The first-order chi connectivity index (χ1) is 6.08. The van der Waals surface area contributed by atoms with Crippen molar-refractivity contribution < 1.29 is 4.74 Å². The Kier molecular flexibility index (Phi) is 4.16. The van der Waals surface area contributed by atoms with Gasteiger partial charge in [-0.2, -0.15) is 0 Å². The Morgan fingerprint density at radius 3 is 2.69 bits per heavy atom. The van der Waals surface area contributed by atoms with Crippen LogP contribution < -0.4 is 5.73 Å². The highest BCUT2D eigenvalue weighted by molar-refractivity contribution is 4.74. The van der Waals surface area contributed by atoms with E-state index in [9.17, 15) is 0 Å². The second-order valence-electron chi connectivity index (χ2n) is 4.34. The van der Waals surface area contributed by atoms with Gasteiger partial charge in [0.2, 0.25) is 0 Å². The molecule has 1 fully saturated rings. The van der Waals surface area contributed by atoms with E-state index in [1.165, 1.54) is 12.8 Å². The van der Waals surface area contributed by atoms with Crippen LogP contribution in [-0.4, -0.2) is 43.3 Å². The van der Waals surface area contributed by atoms with Crippen molar-refractivity contribution >= 4 is 0 Å². The Bertz CT molecular complexity index is 150. The zero-order valence-electron chi connectivity index (χ0n) is 8.99. The summed E-state index contributed by atoms with van der Waals surface area (Å²) < 4.78 is 5.73. The third-order valence-electron chi connectivity index (χ3n) is 2.43. The Morgan fingerprint density at radius 1 is 1.54 bits per heavy atom. The predicted molar refractivity (Wildman–Crippen MR) is 54.7 cm³/mol. The van der Waals surface area contributed by atoms with E-state index < -0.39 is 0 Å². The molecule has 2 N–H and O–H groups in total. The van der Waals surface area contributed by atoms with Crippen molar-refractivity contribution in [2.75, 3.05) is 20.1 Å². The first-order valence-corrected chi connectivity index (χ1v) is 5.17. The van der Waals surface area contributed by atoms with E-state index in [2.05, 4.69) is 18.9 Å². The lowest BCUT2D eigenvalue weighted by Crippen LogP contribution is -2.37. The van der Waals surface area contributed by atoms with Crippen LogP contribution in [0.1, 0.15) is 26.7 Å². The fraction of sp³-hybridized carbons (Fsp3) is 1.00. The van der Waals surface area contributed by atoms with Crippen molar-refractivity contribution in [2.45, 2.75) is 44.9 Å². The zero-order valence-corrected chi connectivity index (χ0v) is 8.99. The molecule has 1 heterocycles. The molecule has 0 spiro atoms. The molecule has 0 radical (unpaired) electrons. The SMILES string of the molecule is CC(N)CN(C)CC1CCC(C)O1. The van der Waals surface area contributed by atoms with Crippen molar-refractivity contribution in [1.82, 2.24) is 4.90 Å². The first kappa shape index (κ1) is 11.0. The maximum Gasteiger partial charge on any atom is 0.0706 e. The number of nitrogens with zero attached hydrogens (tertiary/aromatic N) is 1. The minimum Gasteiger partial charge on any atom is -0.374 e. The smallest absolute Gasteiger partial charge is 0.0706 e. The number of hydrogen-bond donors (Lipinski definition) is 1. The summed E-state index contributed by atoms with van der Waals surface area (Å²) in [6.45, 7) is 6.15. The number of hydrogen-bond acceptors (Lipinski definition) is 3. The molecule has 1 aliphatic heterocycles. The summed E-state index contributed by atoms with van der Waals surface area (Å²) in [6.07, 6.45) is 3.29. The van der Waals surface area contributed by atoms with Crippen LogP contribution in [0.2, 0.25) is 0 Å². The second kappa shape index (κ2) is 4.94. The molecular weight excluding hydrogens is 164 g/mol. The summed E-state index contributed by atoms with van der Waals surface area (Å²) in [5, 5.41) is 0. The molecule has 3 atom stereocenters. The average molecular weight is 186 g/mol. The van der Waals surface area contributed by atoms with Gasteiger partial charge in [-0.25, -0.2) is 0 Å². The van der Waals surface area contributed by atoms with Crippen molar-refractivity contribution in [1.29, 1.82) is 0 Å². The summed E-state index contributed by atoms with van der Waals surface area (Å²) in [7, 11) is 2.11. The molecule has 0 aliphatic carbocycles. The molecule has 3 unspecified atom stereocenters. The summed E-state index contributed by atoms with van der Waals surface area (Å²) >= 11 is 0. The molecule has 0 saturated carbocycles. The topological polar surface area (TPSA) is 38.5 Å². The number of nitrogens with two attached hydrogens (primary N) is 1. The standard InChI is InChI=1S/C10H22N2O/c1-8(11)6-12(3)7-10-5-4-9(2)13-10/h8-10H,4-7,11H2,1-3H3. The van der Waals surface area contributed by atoms with Gasteiger partial charge in [-0.05, 0) is 33.7 Å². The van der Waals surface area contributed by atoms with Gasteiger partial charge in [-0.1, -0.05) is 0 Å². The van der Waals surface area contributed by atoms with Crippen LogP contribution in [0.15, 0.2) is 0 Å². The van der Waals surface area contributed by atoms with E-state index >= 15 is 0 Å². The summed E-state index contributed by atoms with van der Waals surface area (Å²) in [4.78, 5) is 2.26. The van der Waals surface area contributed by atoms with Gasteiger partial charge in [0.05, 0.1) is 12.2 Å². The van der Waals surface area contributed by atoms with Crippen molar-refractivity contribution in [3.63, 3.8) is 0 Å². The van der Waals surface area contributed by atoms with Crippen LogP contribution in [0.5, 0.6) is 0 Å². The highest BCUT2D eigenvalue weighted by Gasteiger charge is 2.22. The van der Waals surface area contributed by atoms with Crippen LogP contribution in [0.4, 0.5) is 0 Å². The molecule has 0 aromatic rings. The van der Waals surface area contributed by atoms with E-state index in [-0.39, 0.29) is 6.04 Å². The Hall–Kier alpha value is -0.120. The third-order valence-corrected chi connectivity index (χ3v) is 2.43. The Balaban J connectivity index is 2.16. The summed E-state index contributed by atoms with van der Waals surface area (Å²) in [5.74, 6) is 0. The maximum absolute atomic E-state index is 5.73. The van der Waals surface area contributed by atoms with E-state index in [1.54, 1.807) is 0 Å². The number of rotatable bonds is 4. The lowest BCUT2D eigenvalue weighted by Gasteiger charge is -2.22. The molecule has 0 aromatic carbocycles. The van der Waals surface area contributed by atoms with Crippen molar-refractivity contribution in [3.8, 4) is 0 Å². The van der Waals surface area contributed by atoms with E-state index in [0.717, 1.165) is 13.1 Å². The monoisotopic (exact) mass is 186 g/mol. The molecule has 0 amide bonds. The molecule has 1 rings (SSSR count). The van der Waals surface area contributed by atoms with Gasteiger partial charge in [-0.15, -0.1) is 0 Å². The van der Waals surface area contributed by atoms with Gasteiger partial charge in [0.15, 0.2) is 0 Å². The van der Waals surface area contributed by atoms with E-state index in [1.807, 2.05) is 6.92 Å². The van der Waals surface area contributed by atoms with Gasteiger partial charge >= 0.3 is 0 Å². The number of likely N-dealkylation sites (N-methyl/N-ethyl adjacent to an activating group) is 1. The quantitative estimate of drug-likeness (QED) is 0.707. The Morgan fingerprint density at radius 2 is 2.23 bits per heavy atom. The fourth-order valence-corrected chi connectivity index (χ4v) is 1.93. The molecular formula is C10H22N2O. The predicted octanol–water partition coefficient (Wildman–Crippen LogP) is 0.833. The number of ether oxygens (including phenoxy) is 1. The van der Waals surface area contributed by atoms with Crippen molar-refractivity contribution in [2.24, 2.45) is 5.73 Å². The van der Waals surface area contributed by atoms with Crippen LogP contribution in [-0.2, 0) is 4.74 Å². The van der Waals surface area contributed by atoms with E-state index in [4.69, 9.17) is 10.5 Å². The van der Waals surface area contributed by atoms with Crippen LogP contribution in [0.3, 0.4) is 0 Å². The highest BCUT2D eigenvalue weighted by atomic mass is 16.5. The maximum atomic E-state index is 5.73. The van der Waals surface area contributed by atoms with Gasteiger partial charge in [0, 0.05) is 19.1 Å². The molecule has 3 heteroatoms. The molecule has 3 nitrogen and oxygen atoms in total. The van der Waals surface area contributed by atoms with Gasteiger partial charge in [-0.3, -0.25) is 0 Å². The lowest BCUT2D eigenvalue weighted by molar-refractivity contribution is 0.0359. The third kappa shape index (κ3) is 4.07. The summed E-state index contributed by atoms with van der Waals surface area (Å²) in [6, 6.07) is 0.254. The molecule has 78 valence electrons. The van der Waals surface area contributed by atoms with Crippen molar-refractivity contribution in [3.05, 3.63) is 0 Å². The molecule has 0 aromatic heterocycles. The largest absolute Gasteiger partial charge is 0.374 e. The highest BCUT2D eigenvalue weighted by Crippen LogP contribution is 2.19. The summed E-state index contributed by atoms with van der Waals surface area (Å²) in [5.41, 5.74) is 5.71. The Labute approximate surface area is 81.2 Å². The molecule has 1 aliphatic rings. The van der Waals surface area contributed by atoms with Crippen LogP contribution >= 0.6 is 0 Å². The zero-order chi connectivity index (χ0) is 9.84. The molecule has 1 saturated heterocycles. The minimum absolute atomic E-state index is 0.254. The second-order valence-corrected chi connectivity index (χ2v) is 4.34. The van der Waals surface area contributed by atoms with Crippen LogP contribution in [0.25, 0.3) is 0 Å². The van der Waals surface area contributed by atoms with Gasteiger partial charge in [0.1, 0.15) is 0 Å². The fourth-order valence-electron chi connectivity index (χ4n) is 1.93. The normalized spacial score (nSPS) is 31.2. The minimum atomic E-state index is 0.254. The van der Waals surface area contributed by atoms with Crippen LogP contribution in [0, 0.1) is 0 Å². The molecule has 13 heavy (non-hydrogen) atoms. The van der Waals surface area contributed by atoms with Gasteiger partial charge < -0.3 is 15.4 Å². The van der Waals surface area contributed by atoms with E-state index in [0.29, 0.717) is 12.2 Å². The average Bonchev–Trinajstić information content (AvgIpc) is 2.33. The lowest BCUT2D eigenvalue weighted by atomic mass is 10.2. The molecule has 0 bridgehead atoms. The van der Waals surface area contributed by atoms with Gasteiger partial charge in [0.25, 0.3) is 0 Å².